The summed E-state index contributed by atoms with van der Waals surface area (Å²) in [4.78, 5) is 0.325. The predicted molar refractivity (Wildman–Crippen MR) is 94.7 cm³/mol. The molecule has 0 spiro atoms. The fraction of sp³-hybridized carbons (Fsp3) is 0.333. The maximum atomic E-state index is 12.9. The molecule has 1 aliphatic rings. The summed E-state index contributed by atoms with van der Waals surface area (Å²) in [6.07, 6.45) is 0.580. The number of rotatable bonds is 4. The van der Waals surface area contributed by atoms with E-state index in [-0.39, 0.29) is 12.6 Å². The van der Waals surface area contributed by atoms with Gasteiger partial charge in [-0.15, -0.1) is 0 Å². The molecule has 0 bridgehead atoms. The average molecular weight is 366 g/mol. The molecular formula is C18H20ClNO3S. The van der Waals surface area contributed by atoms with Crippen LogP contribution in [0.5, 0.6) is 0 Å². The number of ether oxygens (including phenoxy) is 1. The fourth-order valence-corrected chi connectivity index (χ4v) is 4.42. The third-order valence-electron chi connectivity index (χ3n) is 4.22. The minimum Gasteiger partial charge on any atom is -0.371 e. The SMILES string of the molecule is CCc1ccc(S(=O)(=O)N2CCOC(c3cccc(Cl)c3)C2)cc1. The van der Waals surface area contributed by atoms with Gasteiger partial charge in [0.05, 0.1) is 17.6 Å². The highest BCUT2D eigenvalue weighted by molar-refractivity contribution is 7.89. The van der Waals surface area contributed by atoms with Crippen LogP contribution in [-0.4, -0.2) is 32.4 Å². The number of nitrogens with zero attached hydrogens (tertiary/aromatic N) is 1. The fourth-order valence-electron chi connectivity index (χ4n) is 2.80. The van der Waals surface area contributed by atoms with Crippen LogP contribution in [-0.2, 0) is 21.2 Å². The first-order valence-corrected chi connectivity index (χ1v) is 9.78. The molecule has 4 nitrogen and oxygen atoms in total. The lowest BCUT2D eigenvalue weighted by molar-refractivity contribution is -0.00255. The van der Waals surface area contributed by atoms with Crippen LogP contribution in [0.15, 0.2) is 53.4 Å². The number of hydrogen-bond donors (Lipinski definition) is 0. The zero-order valence-electron chi connectivity index (χ0n) is 13.5. The summed E-state index contributed by atoms with van der Waals surface area (Å²) in [5.74, 6) is 0. The Morgan fingerprint density at radius 1 is 1.21 bits per heavy atom. The zero-order valence-corrected chi connectivity index (χ0v) is 15.1. The van der Waals surface area contributed by atoms with Crippen LogP contribution in [0, 0.1) is 0 Å². The van der Waals surface area contributed by atoms with Crippen molar-refractivity contribution in [3.63, 3.8) is 0 Å². The van der Waals surface area contributed by atoms with Gasteiger partial charge < -0.3 is 4.74 Å². The topological polar surface area (TPSA) is 46.6 Å². The van der Waals surface area contributed by atoms with E-state index in [1.54, 1.807) is 18.2 Å². The van der Waals surface area contributed by atoms with Gasteiger partial charge in [0.2, 0.25) is 10.0 Å². The van der Waals surface area contributed by atoms with E-state index in [4.69, 9.17) is 16.3 Å². The molecule has 2 aromatic carbocycles. The second kappa shape index (κ2) is 7.23. The van der Waals surface area contributed by atoms with Gasteiger partial charge in [0.1, 0.15) is 0 Å². The van der Waals surface area contributed by atoms with Crippen molar-refractivity contribution < 1.29 is 13.2 Å². The molecule has 1 heterocycles. The first kappa shape index (κ1) is 17.4. The Labute approximate surface area is 148 Å². The van der Waals surface area contributed by atoms with Crippen LogP contribution in [0.4, 0.5) is 0 Å². The van der Waals surface area contributed by atoms with Crippen molar-refractivity contribution in [2.45, 2.75) is 24.3 Å². The number of morpholine rings is 1. The Balaban J connectivity index is 1.82. The molecular weight excluding hydrogens is 346 g/mol. The van der Waals surface area contributed by atoms with Crippen LogP contribution < -0.4 is 0 Å². The van der Waals surface area contributed by atoms with Crippen molar-refractivity contribution in [2.24, 2.45) is 0 Å². The highest BCUT2D eigenvalue weighted by Gasteiger charge is 2.31. The van der Waals surface area contributed by atoms with Crippen molar-refractivity contribution >= 4 is 21.6 Å². The number of hydrogen-bond acceptors (Lipinski definition) is 3. The number of sulfonamides is 1. The molecule has 1 fully saturated rings. The Morgan fingerprint density at radius 2 is 1.96 bits per heavy atom. The largest absolute Gasteiger partial charge is 0.371 e. The van der Waals surface area contributed by atoms with E-state index in [0.717, 1.165) is 17.5 Å². The standard InChI is InChI=1S/C18H20ClNO3S/c1-2-14-6-8-17(9-7-14)24(21,22)20-10-11-23-18(13-20)15-4-3-5-16(19)12-15/h3-9,12,18H,2,10-11,13H2,1H3. The third-order valence-corrected chi connectivity index (χ3v) is 6.33. The van der Waals surface area contributed by atoms with Gasteiger partial charge in [-0.05, 0) is 41.8 Å². The molecule has 0 aromatic heterocycles. The molecule has 0 radical (unpaired) electrons. The van der Waals surface area contributed by atoms with E-state index in [1.807, 2.05) is 37.3 Å². The van der Waals surface area contributed by atoms with Crippen LogP contribution in [0.25, 0.3) is 0 Å². The highest BCUT2D eigenvalue weighted by Crippen LogP contribution is 2.28. The lowest BCUT2D eigenvalue weighted by atomic mass is 10.1. The van der Waals surface area contributed by atoms with Gasteiger partial charge in [-0.25, -0.2) is 8.42 Å². The smallest absolute Gasteiger partial charge is 0.243 e. The summed E-state index contributed by atoms with van der Waals surface area (Å²) < 4.78 is 33.0. The summed E-state index contributed by atoms with van der Waals surface area (Å²) in [7, 11) is -3.52. The monoisotopic (exact) mass is 365 g/mol. The van der Waals surface area contributed by atoms with Crippen LogP contribution in [0.3, 0.4) is 0 Å². The van der Waals surface area contributed by atoms with E-state index >= 15 is 0 Å². The normalized spacial score (nSPS) is 19.3. The van der Waals surface area contributed by atoms with E-state index < -0.39 is 10.0 Å². The maximum absolute atomic E-state index is 12.9. The Bertz CT molecular complexity index is 805. The zero-order chi connectivity index (χ0) is 17.2. The first-order valence-electron chi connectivity index (χ1n) is 7.97. The van der Waals surface area contributed by atoms with E-state index in [0.29, 0.717) is 23.1 Å². The van der Waals surface area contributed by atoms with Gasteiger partial charge in [0, 0.05) is 18.1 Å². The van der Waals surface area contributed by atoms with Crippen LogP contribution in [0.2, 0.25) is 5.02 Å². The van der Waals surface area contributed by atoms with E-state index in [9.17, 15) is 8.42 Å². The lowest BCUT2D eigenvalue weighted by Gasteiger charge is -2.32. The molecule has 24 heavy (non-hydrogen) atoms. The summed E-state index contributed by atoms with van der Waals surface area (Å²) >= 11 is 6.03. The van der Waals surface area contributed by atoms with Crippen LogP contribution in [0.1, 0.15) is 24.2 Å². The van der Waals surface area contributed by atoms with Gasteiger partial charge in [-0.2, -0.15) is 4.31 Å². The molecule has 0 saturated carbocycles. The predicted octanol–water partition coefficient (Wildman–Crippen LogP) is 3.66. The first-order chi connectivity index (χ1) is 11.5. The number of benzene rings is 2. The molecule has 2 aromatic rings. The van der Waals surface area contributed by atoms with E-state index in [2.05, 4.69) is 0 Å². The van der Waals surface area contributed by atoms with Gasteiger partial charge in [-0.1, -0.05) is 42.8 Å². The van der Waals surface area contributed by atoms with Gasteiger partial charge >= 0.3 is 0 Å². The summed E-state index contributed by atoms with van der Waals surface area (Å²) in [6, 6.07) is 14.4. The quantitative estimate of drug-likeness (QED) is 0.830. The molecule has 1 unspecified atom stereocenters. The molecule has 3 rings (SSSR count). The maximum Gasteiger partial charge on any atom is 0.243 e. The molecule has 1 aliphatic heterocycles. The summed E-state index contributed by atoms with van der Waals surface area (Å²) in [5, 5.41) is 0.617. The van der Waals surface area contributed by atoms with Crippen molar-refractivity contribution in [1.29, 1.82) is 0 Å². The van der Waals surface area contributed by atoms with Crippen LogP contribution >= 0.6 is 11.6 Å². The lowest BCUT2D eigenvalue weighted by Crippen LogP contribution is -2.42. The second-order valence-corrected chi connectivity index (χ2v) is 8.15. The summed E-state index contributed by atoms with van der Waals surface area (Å²) in [5.41, 5.74) is 2.01. The highest BCUT2D eigenvalue weighted by atomic mass is 35.5. The van der Waals surface area contributed by atoms with E-state index in [1.165, 1.54) is 4.31 Å². The molecule has 0 aliphatic carbocycles. The summed E-state index contributed by atoms with van der Waals surface area (Å²) in [6.45, 7) is 3.05. The third kappa shape index (κ3) is 3.64. The van der Waals surface area contributed by atoms with Crippen molar-refractivity contribution in [1.82, 2.24) is 4.31 Å². The number of aryl methyl sites for hydroxylation is 1. The van der Waals surface area contributed by atoms with Gasteiger partial charge in [0.25, 0.3) is 0 Å². The Hall–Kier alpha value is -1.40. The van der Waals surface area contributed by atoms with Crippen molar-refractivity contribution in [3.8, 4) is 0 Å². The second-order valence-electron chi connectivity index (χ2n) is 5.77. The minimum atomic E-state index is -3.52. The molecule has 1 saturated heterocycles. The molecule has 6 heteroatoms. The molecule has 0 amide bonds. The van der Waals surface area contributed by atoms with Gasteiger partial charge in [-0.3, -0.25) is 0 Å². The minimum absolute atomic E-state index is 0.290. The average Bonchev–Trinajstić information content (AvgIpc) is 2.62. The molecule has 0 N–H and O–H groups in total. The molecule has 1 atom stereocenters. The van der Waals surface area contributed by atoms with Crippen molar-refractivity contribution in [3.05, 3.63) is 64.7 Å². The Morgan fingerprint density at radius 3 is 2.62 bits per heavy atom. The molecule has 128 valence electrons. The van der Waals surface area contributed by atoms with Crippen molar-refractivity contribution in [2.75, 3.05) is 19.7 Å². The number of halogens is 1. The van der Waals surface area contributed by atoms with Gasteiger partial charge in [0.15, 0.2) is 0 Å². The Kier molecular flexibility index (Phi) is 5.25.